The minimum absolute atomic E-state index is 0.861. The van der Waals surface area contributed by atoms with E-state index in [0.717, 1.165) is 17.7 Å². The fourth-order valence-corrected chi connectivity index (χ4v) is 4.13. The molecule has 4 aromatic rings. The summed E-state index contributed by atoms with van der Waals surface area (Å²) in [4.78, 5) is 4.25. The monoisotopic (exact) mass is 327 g/mol. The highest BCUT2D eigenvalue weighted by atomic mass is 32.1. The molecule has 0 aliphatic heterocycles. The Kier molecular flexibility index (Phi) is 3.97. The zero-order valence-corrected chi connectivity index (χ0v) is 14.1. The first-order valence-electron chi connectivity index (χ1n) is 7.97. The summed E-state index contributed by atoms with van der Waals surface area (Å²) in [6.07, 6.45) is 3.01. The first kappa shape index (κ1) is 14.9. The summed E-state index contributed by atoms with van der Waals surface area (Å²) in [6, 6.07) is 25.6. The topological polar surface area (TPSA) is 12.4 Å². The van der Waals surface area contributed by atoms with E-state index in [1.165, 1.54) is 25.7 Å². The van der Waals surface area contributed by atoms with Crippen molar-refractivity contribution in [3.8, 4) is 0 Å². The van der Waals surface area contributed by atoms with Gasteiger partial charge in [-0.3, -0.25) is 4.99 Å². The lowest BCUT2D eigenvalue weighted by molar-refractivity contribution is 1.26. The molecule has 2 heteroatoms. The van der Waals surface area contributed by atoms with Gasteiger partial charge in [-0.05, 0) is 30.8 Å². The molecule has 1 aromatic heterocycles. The SMILES string of the molecule is C=N/C(=C\Cc1ccccc1)c1ccc2c(c1)sc1ccccc12. The third-order valence-corrected chi connectivity index (χ3v) is 5.35. The van der Waals surface area contributed by atoms with Gasteiger partial charge in [-0.15, -0.1) is 11.3 Å². The number of rotatable bonds is 4. The van der Waals surface area contributed by atoms with E-state index >= 15 is 0 Å². The van der Waals surface area contributed by atoms with Gasteiger partial charge in [0.2, 0.25) is 0 Å². The van der Waals surface area contributed by atoms with E-state index in [1.807, 2.05) is 17.4 Å². The van der Waals surface area contributed by atoms with Crippen LogP contribution in [0.15, 0.2) is 83.9 Å². The highest BCUT2D eigenvalue weighted by Gasteiger charge is 2.07. The largest absolute Gasteiger partial charge is 0.264 e. The Hall–Kier alpha value is -2.71. The van der Waals surface area contributed by atoms with E-state index in [-0.39, 0.29) is 0 Å². The summed E-state index contributed by atoms with van der Waals surface area (Å²) in [5, 5.41) is 2.64. The van der Waals surface area contributed by atoms with Gasteiger partial charge in [0.15, 0.2) is 0 Å². The van der Waals surface area contributed by atoms with Gasteiger partial charge in [0.1, 0.15) is 0 Å². The second-order valence-corrected chi connectivity index (χ2v) is 6.83. The molecule has 0 radical (unpaired) electrons. The van der Waals surface area contributed by atoms with E-state index in [2.05, 4.69) is 84.5 Å². The minimum atomic E-state index is 0.861. The van der Waals surface area contributed by atoms with Crippen molar-refractivity contribution in [3.05, 3.63) is 90.0 Å². The Balaban J connectivity index is 1.73. The summed E-state index contributed by atoms with van der Waals surface area (Å²) < 4.78 is 2.62. The van der Waals surface area contributed by atoms with Crippen LogP contribution < -0.4 is 0 Å². The second-order valence-electron chi connectivity index (χ2n) is 5.75. The number of nitrogens with zero attached hydrogens (tertiary/aromatic N) is 1. The van der Waals surface area contributed by atoms with Crippen LogP contribution in [0.1, 0.15) is 11.1 Å². The summed E-state index contributed by atoms with van der Waals surface area (Å²) >= 11 is 1.83. The van der Waals surface area contributed by atoms with Crippen LogP contribution >= 0.6 is 11.3 Å². The molecule has 1 nitrogen and oxygen atoms in total. The average Bonchev–Trinajstić information content (AvgIpc) is 3.01. The van der Waals surface area contributed by atoms with E-state index < -0.39 is 0 Å². The number of thiophene rings is 1. The molecule has 24 heavy (non-hydrogen) atoms. The van der Waals surface area contributed by atoms with E-state index in [9.17, 15) is 0 Å². The van der Waals surface area contributed by atoms with Crippen molar-refractivity contribution < 1.29 is 0 Å². The second kappa shape index (κ2) is 6.42. The summed E-state index contributed by atoms with van der Waals surface area (Å²) in [5.74, 6) is 0. The Labute approximate surface area is 145 Å². The van der Waals surface area contributed by atoms with Crippen molar-refractivity contribution in [3.63, 3.8) is 0 Å². The lowest BCUT2D eigenvalue weighted by Gasteiger charge is -2.03. The molecule has 0 fully saturated rings. The van der Waals surface area contributed by atoms with Crippen LogP contribution in [0.4, 0.5) is 0 Å². The zero-order chi connectivity index (χ0) is 16.4. The maximum Gasteiger partial charge on any atom is 0.0658 e. The van der Waals surface area contributed by atoms with Crippen molar-refractivity contribution in [1.29, 1.82) is 0 Å². The first-order chi connectivity index (χ1) is 11.8. The van der Waals surface area contributed by atoms with Crippen molar-refractivity contribution in [2.24, 2.45) is 4.99 Å². The molecule has 0 bridgehead atoms. The van der Waals surface area contributed by atoms with Gasteiger partial charge < -0.3 is 0 Å². The lowest BCUT2D eigenvalue weighted by Crippen LogP contribution is -1.84. The minimum Gasteiger partial charge on any atom is -0.264 e. The molecule has 0 saturated carbocycles. The highest BCUT2D eigenvalue weighted by Crippen LogP contribution is 2.35. The molecule has 0 atom stereocenters. The van der Waals surface area contributed by atoms with Crippen LogP contribution in [0.2, 0.25) is 0 Å². The fourth-order valence-electron chi connectivity index (χ4n) is 2.99. The van der Waals surface area contributed by atoms with Crippen LogP contribution in [0.3, 0.4) is 0 Å². The molecule has 0 spiro atoms. The smallest absolute Gasteiger partial charge is 0.0658 e. The highest BCUT2D eigenvalue weighted by molar-refractivity contribution is 7.25. The number of hydrogen-bond acceptors (Lipinski definition) is 2. The van der Waals surface area contributed by atoms with Gasteiger partial charge in [-0.1, -0.05) is 66.7 Å². The molecule has 3 aromatic carbocycles. The van der Waals surface area contributed by atoms with Crippen LogP contribution in [0.25, 0.3) is 25.9 Å². The van der Waals surface area contributed by atoms with E-state index in [1.54, 1.807) is 0 Å². The van der Waals surface area contributed by atoms with Gasteiger partial charge >= 0.3 is 0 Å². The van der Waals surface area contributed by atoms with Gasteiger partial charge in [0, 0.05) is 25.7 Å². The van der Waals surface area contributed by atoms with Gasteiger partial charge in [-0.25, -0.2) is 0 Å². The Bertz CT molecular complexity index is 1040. The van der Waals surface area contributed by atoms with Crippen molar-refractivity contribution in [2.45, 2.75) is 6.42 Å². The Morgan fingerprint density at radius 2 is 1.62 bits per heavy atom. The first-order valence-corrected chi connectivity index (χ1v) is 8.79. The number of aliphatic imine (C=N–C) groups is 1. The number of fused-ring (bicyclic) bond motifs is 3. The molecule has 0 unspecified atom stereocenters. The average molecular weight is 327 g/mol. The van der Waals surface area contributed by atoms with Gasteiger partial charge in [0.05, 0.1) is 5.70 Å². The summed E-state index contributed by atoms with van der Waals surface area (Å²) in [5.41, 5.74) is 3.35. The van der Waals surface area contributed by atoms with E-state index in [0.29, 0.717) is 0 Å². The third-order valence-electron chi connectivity index (χ3n) is 4.22. The summed E-state index contributed by atoms with van der Waals surface area (Å²) in [7, 11) is 0. The molecular formula is C22H17NS. The normalized spacial score (nSPS) is 11.9. The maximum atomic E-state index is 4.25. The predicted molar refractivity (Wildman–Crippen MR) is 107 cm³/mol. The zero-order valence-electron chi connectivity index (χ0n) is 13.3. The Morgan fingerprint density at radius 1 is 0.875 bits per heavy atom. The number of hydrogen-bond donors (Lipinski definition) is 0. The molecule has 0 amide bonds. The standard InChI is InChI=1S/C22H17NS/c1-23-20(14-11-16-7-3-2-4-8-16)17-12-13-19-18-9-5-6-10-21(18)24-22(19)15-17/h2-10,12-15H,1,11H2/b20-14-. The van der Waals surface area contributed by atoms with E-state index in [4.69, 9.17) is 0 Å². The van der Waals surface area contributed by atoms with Crippen molar-refractivity contribution in [1.82, 2.24) is 0 Å². The van der Waals surface area contributed by atoms with Crippen LogP contribution in [0.5, 0.6) is 0 Å². The van der Waals surface area contributed by atoms with Crippen molar-refractivity contribution >= 4 is 43.9 Å². The maximum absolute atomic E-state index is 4.25. The molecule has 4 rings (SSSR count). The van der Waals surface area contributed by atoms with Crippen LogP contribution in [-0.2, 0) is 6.42 Å². The molecule has 1 heterocycles. The predicted octanol–water partition coefficient (Wildman–Crippen LogP) is 6.34. The fraction of sp³-hybridized carbons (Fsp3) is 0.0455. The number of allylic oxidation sites excluding steroid dienone is 1. The molecule has 0 aliphatic carbocycles. The molecule has 0 N–H and O–H groups in total. The quantitative estimate of drug-likeness (QED) is 0.388. The summed E-state index contributed by atoms with van der Waals surface area (Å²) in [6.45, 7) is 3.76. The Morgan fingerprint density at radius 3 is 2.46 bits per heavy atom. The molecular weight excluding hydrogens is 310 g/mol. The van der Waals surface area contributed by atoms with Crippen molar-refractivity contribution in [2.75, 3.05) is 0 Å². The van der Waals surface area contributed by atoms with Gasteiger partial charge in [-0.2, -0.15) is 0 Å². The lowest BCUT2D eigenvalue weighted by atomic mass is 10.1. The third kappa shape index (κ3) is 2.77. The molecule has 0 aliphatic rings. The number of benzene rings is 3. The van der Waals surface area contributed by atoms with Gasteiger partial charge in [0.25, 0.3) is 0 Å². The molecule has 116 valence electrons. The van der Waals surface area contributed by atoms with Crippen LogP contribution in [-0.4, -0.2) is 6.72 Å². The molecule has 0 saturated heterocycles. The van der Waals surface area contributed by atoms with Crippen LogP contribution in [0, 0.1) is 0 Å².